The summed E-state index contributed by atoms with van der Waals surface area (Å²) >= 11 is 0. The zero-order valence-corrected chi connectivity index (χ0v) is 13.4. The molecule has 0 saturated heterocycles. The van der Waals surface area contributed by atoms with Crippen LogP contribution in [0.3, 0.4) is 0 Å². The van der Waals surface area contributed by atoms with Gasteiger partial charge in [-0.2, -0.15) is 0 Å². The number of carbonyl (C=O) groups excluding carboxylic acids is 2. The molecule has 0 saturated carbocycles. The van der Waals surface area contributed by atoms with E-state index in [1.165, 1.54) is 48.5 Å². The molecule has 2 N–H and O–H groups in total. The summed E-state index contributed by atoms with van der Waals surface area (Å²) in [5.41, 5.74) is 0.587. The Morgan fingerprint density at radius 2 is 1.00 bits per heavy atom. The molecule has 0 aliphatic heterocycles. The maximum Gasteiger partial charge on any atom is 0.269 e. The number of anilines is 2. The number of non-ortho nitro benzene ring substituents is 2. The van der Waals surface area contributed by atoms with Gasteiger partial charge in [0, 0.05) is 48.5 Å². The second kappa shape index (κ2) is 8.33. The number of amides is 2. The van der Waals surface area contributed by atoms with Crippen molar-refractivity contribution in [3.63, 3.8) is 0 Å². The third-order valence-corrected chi connectivity index (χ3v) is 3.30. The van der Waals surface area contributed by atoms with Gasteiger partial charge in [-0.3, -0.25) is 29.8 Å². The Bertz CT molecular complexity index is 761. The molecule has 10 heteroatoms. The van der Waals surface area contributed by atoms with E-state index in [1.54, 1.807) is 0 Å². The number of hydrogen-bond acceptors (Lipinski definition) is 6. The van der Waals surface area contributed by atoms with Crippen LogP contribution in [0, 0.1) is 20.2 Å². The summed E-state index contributed by atoms with van der Waals surface area (Å²) in [6.07, 6.45) is -0.175. The van der Waals surface area contributed by atoms with Crippen LogP contribution in [0.4, 0.5) is 22.7 Å². The number of rotatable bonds is 7. The summed E-state index contributed by atoms with van der Waals surface area (Å²) in [5, 5.41) is 26.2. The molecule has 0 fully saturated rings. The Morgan fingerprint density at radius 3 is 1.27 bits per heavy atom. The fourth-order valence-corrected chi connectivity index (χ4v) is 2.01. The lowest BCUT2D eigenvalue weighted by Crippen LogP contribution is -2.17. The molecule has 0 heterocycles. The Hall–Kier alpha value is -3.82. The predicted octanol–water partition coefficient (Wildman–Crippen LogP) is 2.86. The van der Waals surface area contributed by atoms with Crippen LogP contribution in [0.1, 0.15) is 12.8 Å². The monoisotopic (exact) mass is 358 g/mol. The quantitative estimate of drug-likeness (QED) is 0.575. The van der Waals surface area contributed by atoms with Crippen molar-refractivity contribution in [2.75, 3.05) is 10.6 Å². The van der Waals surface area contributed by atoms with Crippen molar-refractivity contribution in [3.8, 4) is 0 Å². The van der Waals surface area contributed by atoms with Crippen molar-refractivity contribution >= 4 is 34.6 Å². The van der Waals surface area contributed by atoms with Crippen molar-refractivity contribution in [2.24, 2.45) is 0 Å². The van der Waals surface area contributed by atoms with Crippen molar-refractivity contribution in [3.05, 3.63) is 68.8 Å². The summed E-state index contributed by atoms with van der Waals surface area (Å²) in [5.74, 6) is -0.838. The van der Waals surface area contributed by atoms with E-state index in [0.717, 1.165) is 0 Å². The Morgan fingerprint density at radius 1 is 0.692 bits per heavy atom. The van der Waals surface area contributed by atoms with Gasteiger partial charge in [0.1, 0.15) is 0 Å². The van der Waals surface area contributed by atoms with Gasteiger partial charge in [0.05, 0.1) is 9.85 Å². The molecule has 2 aromatic rings. The summed E-state index contributed by atoms with van der Waals surface area (Å²) in [6, 6.07) is 10.6. The minimum atomic E-state index is -0.547. The third kappa shape index (κ3) is 5.37. The molecular formula is C16H14N4O6. The van der Waals surface area contributed by atoms with Crippen molar-refractivity contribution in [1.29, 1.82) is 0 Å². The number of benzene rings is 2. The van der Waals surface area contributed by atoms with Crippen LogP contribution in [0.2, 0.25) is 0 Å². The maximum absolute atomic E-state index is 11.8. The predicted molar refractivity (Wildman–Crippen MR) is 92.7 cm³/mol. The maximum atomic E-state index is 11.8. The molecule has 10 nitrogen and oxygen atoms in total. The smallest absolute Gasteiger partial charge is 0.269 e. The van der Waals surface area contributed by atoms with Gasteiger partial charge in [-0.05, 0) is 24.3 Å². The average Bonchev–Trinajstić information content (AvgIpc) is 2.61. The molecule has 2 amide bonds. The zero-order chi connectivity index (χ0) is 19.1. The molecule has 0 radical (unpaired) electrons. The lowest BCUT2D eigenvalue weighted by molar-refractivity contribution is -0.385. The number of nitrogens with one attached hydrogen (secondary N) is 2. The van der Waals surface area contributed by atoms with Crippen molar-refractivity contribution in [1.82, 2.24) is 0 Å². The van der Waals surface area contributed by atoms with E-state index in [9.17, 15) is 29.8 Å². The SMILES string of the molecule is O=C(CCC(=O)Nc1ccc([N+](=O)[O-])cc1)Nc1ccc([N+](=O)[O-])cc1. The van der Waals surface area contributed by atoms with Crippen molar-refractivity contribution in [2.45, 2.75) is 12.8 Å². The first kappa shape index (κ1) is 18.5. The van der Waals surface area contributed by atoms with E-state index in [0.29, 0.717) is 11.4 Å². The van der Waals surface area contributed by atoms with Gasteiger partial charge < -0.3 is 10.6 Å². The minimum Gasteiger partial charge on any atom is -0.326 e. The Kier molecular flexibility index (Phi) is 5.93. The van der Waals surface area contributed by atoms with Gasteiger partial charge in [-0.1, -0.05) is 0 Å². The average molecular weight is 358 g/mol. The van der Waals surface area contributed by atoms with Crippen LogP contribution in [0.5, 0.6) is 0 Å². The van der Waals surface area contributed by atoms with Gasteiger partial charge in [0.25, 0.3) is 11.4 Å². The largest absolute Gasteiger partial charge is 0.326 e. The number of carbonyl (C=O) groups is 2. The topological polar surface area (TPSA) is 144 Å². The Labute approximate surface area is 147 Å². The molecule has 2 rings (SSSR count). The second-order valence-electron chi connectivity index (χ2n) is 5.20. The fraction of sp³-hybridized carbons (Fsp3) is 0.125. The van der Waals surface area contributed by atoms with Gasteiger partial charge in [0.2, 0.25) is 11.8 Å². The normalized spacial score (nSPS) is 10.0. The molecule has 0 aliphatic rings. The van der Waals surface area contributed by atoms with Crippen molar-refractivity contribution < 1.29 is 19.4 Å². The fourth-order valence-electron chi connectivity index (χ4n) is 2.01. The molecule has 0 unspecified atom stereocenters. The molecule has 0 aliphatic carbocycles. The first-order valence-electron chi connectivity index (χ1n) is 7.44. The molecule has 26 heavy (non-hydrogen) atoms. The van der Waals surface area contributed by atoms with Crippen LogP contribution in [-0.2, 0) is 9.59 Å². The zero-order valence-electron chi connectivity index (χ0n) is 13.4. The molecule has 0 aromatic heterocycles. The number of nitro benzene ring substituents is 2. The third-order valence-electron chi connectivity index (χ3n) is 3.30. The molecule has 2 aromatic carbocycles. The summed E-state index contributed by atoms with van der Waals surface area (Å²) in [6.45, 7) is 0. The van der Waals surface area contributed by atoms with Crippen LogP contribution in [-0.4, -0.2) is 21.7 Å². The van der Waals surface area contributed by atoms with E-state index < -0.39 is 21.7 Å². The standard InChI is InChI=1S/C16H14N4O6/c21-15(17-11-1-5-13(6-2-11)19(23)24)9-10-16(22)18-12-3-7-14(8-4-12)20(25)26/h1-8H,9-10H2,(H,17,21)(H,18,22). The van der Waals surface area contributed by atoms with E-state index in [-0.39, 0.29) is 24.2 Å². The van der Waals surface area contributed by atoms with Crippen LogP contribution in [0.15, 0.2) is 48.5 Å². The molecule has 0 bridgehead atoms. The van der Waals surface area contributed by atoms with Gasteiger partial charge in [0.15, 0.2) is 0 Å². The number of hydrogen-bond donors (Lipinski definition) is 2. The lowest BCUT2D eigenvalue weighted by Gasteiger charge is -2.06. The highest BCUT2D eigenvalue weighted by Gasteiger charge is 2.10. The van der Waals surface area contributed by atoms with E-state index in [1.807, 2.05) is 0 Å². The number of nitro groups is 2. The molecular weight excluding hydrogens is 344 g/mol. The Balaban J connectivity index is 1.80. The van der Waals surface area contributed by atoms with Gasteiger partial charge in [-0.25, -0.2) is 0 Å². The second-order valence-corrected chi connectivity index (χ2v) is 5.20. The van der Waals surface area contributed by atoms with Crippen LogP contribution >= 0.6 is 0 Å². The summed E-state index contributed by atoms with van der Waals surface area (Å²) in [4.78, 5) is 43.6. The first-order valence-corrected chi connectivity index (χ1v) is 7.44. The summed E-state index contributed by atoms with van der Waals surface area (Å²) in [7, 11) is 0. The van der Waals surface area contributed by atoms with Gasteiger partial charge in [-0.15, -0.1) is 0 Å². The highest BCUT2D eigenvalue weighted by molar-refractivity contribution is 5.96. The minimum absolute atomic E-state index is 0.0875. The van der Waals surface area contributed by atoms with Crippen LogP contribution < -0.4 is 10.6 Å². The molecule has 0 spiro atoms. The van der Waals surface area contributed by atoms with E-state index >= 15 is 0 Å². The van der Waals surface area contributed by atoms with E-state index in [2.05, 4.69) is 10.6 Å². The van der Waals surface area contributed by atoms with E-state index in [4.69, 9.17) is 0 Å². The highest BCUT2D eigenvalue weighted by Crippen LogP contribution is 2.17. The first-order chi connectivity index (χ1) is 12.3. The molecule has 0 atom stereocenters. The summed E-state index contributed by atoms with van der Waals surface area (Å²) < 4.78 is 0. The lowest BCUT2D eigenvalue weighted by atomic mass is 10.2. The highest BCUT2D eigenvalue weighted by atomic mass is 16.6. The molecule has 134 valence electrons. The number of nitrogens with zero attached hydrogens (tertiary/aromatic N) is 2. The van der Waals surface area contributed by atoms with Crippen LogP contribution in [0.25, 0.3) is 0 Å². The van der Waals surface area contributed by atoms with Gasteiger partial charge >= 0.3 is 0 Å².